The Morgan fingerprint density at radius 2 is 1.33 bits per heavy atom. The molecular formula is C2H9Cl2NO. The van der Waals surface area contributed by atoms with Crippen molar-refractivity contribution in [3.05, 3.63) is 0 Å². The lowest BCUT2D eigenvalue weighted by Gasteiger charge is -1.42. The lowest BCUT2D eigenvalue weighted by atomic mass is 11.8. The molecule has 0 rings (SSSR count). The van der Waals surface area contributed by atoms with Crippen molar-refractivity contribution in [3.8, 4) is 0 Å². The van der Waals surface area contributed by atoms with Gasteiger partial charge < -0.3 is 11.3 Å². The summed E-state index contributed by atoms with van der Waals surface area (Å²) in [4.78, 5) is 0. The van der Waals surface area contributed by atoms with Gasteiger partial charge in [0.25, 0.3) is 0 Å². The van der Waals surface area contributed by atoms with E-state index in [0.717, 1.165) is 7.11 Å². The maximum absolute atomic E-state index is 7.00. The van der Waals surface area contributed by atoms with Crippen LogP contribution in [0.2, 0.25) is 0 Å². The van der Waals surface area contributed by atoms with Crippen LogP contribution in [-0.2, 0) is 0 Å². The summed E-state index contributed by atoms with van der Waals surface area (Å²) in [5.74, 6) is 0. The summed E-state index contributed by atoms with van der Waals surface area (Å²) in [6.45, 7) is 0. The number of rotatable bonds is 0. The van der Waals surface area contributed by atoms with Gasteiger partial charge in [0.15, 0.2) is 0 Å². The maximum Gasteiger partial charge on any atom is 0.0967 e. The van der Waals surface area contributed by atoms with Gasteiger partial charge in [-0.25, -0.2) is 0 Å². The van der Waals surface area contributed by atoms with Crippen molar-refractivity contribution in [2.24, 2.45) is 0 Å². The first-order valence-electron chi connectivity index (χ1n) is 0.982. The van der Waals surface area contributed by atoms with Gasteiger partial charge in [-0.1, -0.05) is 0 Å². The Hall–Kier alpha value is 0.500. The van der Waals surface area contributed by atoms with Gasteiger partial charge in [-0.2, -0.15) is 0 Å². The van der Waals surface area contributed by atoms with Crippen molar-refractivity contribution in [1.82, 2.24) is 6.15 Å². The van der Waals surface area contributed by atoms with Crippen LogP contribution in [0.3, 0.4) is 0 Å². The number of hydrogen-bond acceptors (Lipinski definition) is 2. The molecular weight excluding hydrogens is 125 g/mol. The average Bonchev–Trinajstić information content (AvgIpc) is 1.46. The number of hydrogen-bond donors (Lipinski definition) is 2. The van der Waals surface area contributed by atoms with Crippen molar-refractivity contribution in [2.75, 3.05) is 12.4 Å². The highest BCUT2D eigenvalue weighted by Crippen LogP contribution is 1.73. The Bertz CT molecular complexity index is 11.5. The topological polar surface area (TPSA) is 55.2 Å². The molecule has 0 atom stereocenters. The molecule has 0 aromatic carbocycles. The van der Waals surface area contributed by atoms with Crippen molar-refractivity contribution in [3.63, 3.8) is 0 Å². The molecule has 2 nitrogen and oxygen atoms in total. The van der Waals surface area contributed by atoms with Crippen LogP contribution in [0.5, 0.6) is 0 Å². The molecule has 6 heavy (non-hydrogen) atoms. The summed E-state index contributed by atoms with van der Waals surface area (Å²) in [7, 11) is 1.00. The van der Waals surface area contributed by atoms with E-state index in [1.807, 2.05) is 0 Å². The molecule has 4 heteroatoms. The molecule has 42 valence electrons. The van der Waals surface area contributed by atoms with Gasteiger partial charge >= 0.3 is 0 Å². The molecule has 4 N–H and O–H groups in total. The van der Waals surface area contributed by atoms with Crippen LogP contribution in [0.1, 0.15) is 0 Å². The van der Waals surface area contributed by atoms with Crippen molar-refractivity contribution < 1.29 is 5.11 Å². The van der Waals surface area contributed by atoms with Crippen molar-refractivity contribution in [2.45, 2.75) is 0 Å². The summed E-state index contributed by atoms with van der Waals surface area (Å²) in [6.07, 6.45) is 0. The third kappa shape index (κ3) is 221. The van der Waals surface area contributed by atoms with Crippen LogP contribution in [0.25, 0.3) is 0 Å². The third-order valence-corrected chi connectivity index (χ3v) is 0. The number of halogens is 2. The van der Waals surface area contributed by atoms with Crippen LogP contribution in [0.4, 0.5) is 0 Å². The van der Waals surface area contributed by atoms with Crippen molar-refractivity contribution in [1.29, 1.82) is 0 Å². The minimum absolute atomic E-state index is 0. The Balaban J connectivity index is -0.0000000275. The van der Waals surface area contributed by atoms with E-state index in [9.17, 15) is 0 Å². The summed E-state index contributed by atoms with van der Waals surface area (Å²) >= 11 is 9.53. The summed E-state index contributed by atoms with van der Waals surface area (Å²) in [5, 5.41) is 7.19. The van der Waals surface area contributed by atoms with E-state index in [2.05, 4.69) is 0 Å². The zero-order valence-corrected chi connectivity index (χ0v) is 5.13. The molecule has 0 aliphatic rings. The van der Waals surface area contributed by atoms with Gasteiger partial charge in [0.05, 0.1) is 5.34 Å². The van der Waals surface area contributed by atoms with Gasteiger partial charge in [-0.15, -0.1) is 23.2 Å². The van der Waals surface area contributed by atoms with Gasteiger partial charge in [0, 0.05) is 7.11 Å². The van der Waals surface area contributed by atoms with E-state index < -0.39 is 0 Å². The minimum Gasteiger partial charge on any atom is -0.400 e. The fourth-order valence-electron chi connectivity index (χ4n) is 0. The average molecular weight is 134 g/mol. The van der Waals surface area contributed by atoms with Crippen LogP contribution in [0.15, 0.2) is 0 Å². The lowest BCUT2D eigenvalue weighted by molar-refractivity contribution is 0.399. The van der Waals surface area contributed by atoms with Gasteiger partial charge in [0.1, 0.15) is 0 Å². The van der Waals surface area contributed by atoms with Crippen molar-refractivity contribution >= 4 is 23.2 Å². The molecule has 0 aliphatic heterocycles. The predicted octanol–water partition coefficient (Wildman–Crippen LogP) is 1.19. The van der Waals surface area contributed by atoms with Crippen LogP contribution >= 0.6 is 23.2 Å². The normalized spacial score (nSPS) is 4.00. The molecule has 0 bridgehead atoms. The highest BCUT2D eigenvalue weighted by molar-refractivity contribution is 6.40. The fourth-order valence-corrected chi connectivity index (χ4v) is 0. The molecule has 0 radical (unpaired) electrons. The van der Waals surface area contributed by atoms with Gasteiger partial charge in [-0.05, 0) is 0 Å². The van der Waals surface area contributed by atoms with Crippen LogP contribution < -0.4 is 6.15 Å². The Morgan fingerprint density at radius 3 is 1.33 bits per heavy atom. The maximum atomic E-state index is 7.00. The molecule has 0 unspecified atom stereocenters. The molecule has 0 spiro atoms. The number of alkyl halides is 2. The van der Waals surface area contributed by atoms with Gasteiger partial charge in [0.2, 0.25) is 0 Å². The molecule has 0 aromatic heterocycles. The van der Waals surface area contributed by atoms with E-state index in [1.54, 1.807) is 0 Å². The second kappa shape index (κ2) is 49.5. The summed E-state index contributed by atoms with van der Waals surface area (Å²) in [5.41, 5.74) is 0. The zero-order valence-electron chi connectivity index (χ0n) is 3.62. The molecule has 0 amide bonds. The van der Waals surface area contributed by atoms with Crippen LogP contribution in [-0.4, -0.2) is 17.6 Å². The second-order valence-electron chi connectivity index (χ2n) is 0.101. The van der Waals surface area contributed by atoms with Crippen LogP contribution in [0, 0.1) is 0 Å². The first kappa shape index (κ1) is 16.1. The molecule has 0 fully saturated rings. The largest absolute Gasteiger partial charge is 0.400 e. The monoisotopic (exact) mass is 133 g/mol. The first-order chi connectivity index (χ1) is 2.41. The summed E-state index contributed by atoms with van der Waals surface area (Å²) < 4.78 is 0. The quantitative estimate of drug-likeness (QED) is 0.489. The number of aliphatic hydroxyl groups is 1. The van der Waals surface area contributed by atoms with E-state index in [0.29, 0.717) is 0 Å². The molecule has 0 saturated heterocycles. The van der Waals surface area contributed by atoms with E-state index in [4.69, 9.17) is 28.3 Å². The smallest absolute Gasteiger partial charge is 0.0967 e. The fraction of sp³-hybridized carbons (Fsp3) is 1.00. The van der Waals surface area contributed by atoms with E-state index in [1.165, 1.54) is 0 Å². The second-order valence-corrected chi connectivity index (χ2v) is 0.909. The Morgan fingerprint density at radius 1 is 1.33 bits per heavy atom. The predicted molar refractivity (Wildman–Crippen MR) is 29.7 cm³/mol. The molecule has 0 saturated carbocycles. The first-order valence-corrected chi connectivity index (χ1v) is 2.05. The minimum atomic E-state index is 0. The molecule has 0 aromatic rings. The molecule has 0 heterocycles. The highest BCUT2D eigenvalue weighted by Gasteiger charge is 1.41. The third-order valence-electron chi connectivity index (χ3n) is 0. The highest BCUT2D eigenvalue weighted by atomic mass is 35.5. The van der Waals surface area contributed by atoms with Gasteiger partial charge in [-0.3, -0.25) is 0 Å². The Labute approximate surface area is 47.6 Å². The zero-order chi connectivity index (χ0) is 4.71. The molecule has 0 aliphatic carbocycles. The standard InChI is InChI=1S/CH2Cl2.CH4O.H3N/c2-1-3;1-2;/h1H2;2H,1H3;1H3. The number of aliphatic hydroxyl groups excluding tert-OH is 1. The van der Waals surface area contributed by atoms with E-state index >= 15 is 0 Å². The van der Waals surface area contributed by atoms with E-state index in [-0.39, 0.29) is 11.5 Å². The lowest BCUT2D eigenvalue weighted by Crippen LogP contribution is -1.25. The SMILES string of the molecule is CO.ClCCl.N. The summed E-state index contributed by atoms with van der Waals surface area (Å²) in [6, 6.07) is 0. The Kier molecular flexibility index (Phi) is 132.